The first-order valence-corrected chi connectivity index (χ1v) is 8.30. The molecule has 1 atom stereocenters. The Morgan fingerprint density at radius 1 is 0.920 bits per heavy atom. The molecule has 2 rings (SSSR count). The Balaban J connectivity index is 1.86. The highest BCUT2D eigenvalue weighted by Crippen LogP contribution is 2.17. The molecule has 5 nitrogen and oxygen atoms in total. The molecular formula is C20H23NO4. The number of carbonyl (C=O) groups is 2. The van der Waals surface area contributed by atoms with Crippen LogP contribution in [0.4, 0.5) is 0 Å². The third-order valence-electron chi connectivity index (χ3n) is 4.09. The first kappa shape index (κ1) is 18.7. The Bertz CT molecular complexity index is 687. The number of hydrogen-bond acceptors (Lipinski definition) is 4. The zero-order chi connectivity index (χ0) is 18.1. The third-order valence-corrected chi connectivity index (χ3v) is 4.09. The molecule has 1 unspecified atom stereocenters. The van der Waals surface area contributed by atoms with E-state index in [0.29, 0.717) is 6.42 Å². The molecular weight excluding hydrogens is 318 g/mol. The summed E-state index contributed by atoms with van der Waals surface area (Å²) in [6.45, 7) is 0.00984. The maximum Gasteiger partial charge on any atom is 0.338 e. The molecule has 3 N–H and O–H groups in total. The normalized spacial score (nSPS) is 13.0. The number of nitrogens with two attached hydrogens (primary N) is 1. The van der Waals surface area contributed by atoms with Gasteiger partial charge in [0.2, 0.25) is 5.54 Å². The van der Waals surface area contributed by atoms with Crippen LogP contribution >= 0.6 is 0 Å². The van der Waals surface area contributed by atoms with Crippen molar-refractivity contribution in [3.05, 3.63) is 71.8 Å². The number of unbranched alkanes of at least 4 members (excludes halogenated alkanes) is 1. The summed E-state index contributed by atoms with van der Waals surface area (Å²) in [5.41, 5.74) is 5.80. The smallest absolute Gasteiger partial charge is 0.338 e. The minimum absolute atomic E-state index is 0.00984. The van der Waals surface area contributed by atoms with Crippen molar-refractivity contribution in [2.45, 2.75) is 37.8 Å². The number of hydrogen-bond donors (Lipinski definition) is 2. The van der Waals surface area contributed by atoms with E-state index in [1.165, 1.54) is 5.56 Å². The molecule has 0 radical (unpaired) electrons. The van der Waals surface area contributed by atoms with Gasteiger partial charge in [-0.05, 0) is 30.4 Å². The first-order valence-electron chi connectivity index (χ1n) is 8.30. The molecule has 25 heavy (non-hydrogen) atoms. The number of benzene rings is 2. The first-order chi connectivity index (χ1) is 12.0. The van der Waals surface area contributed by atoms with E-state index in [0.717, 1.165) is 18.4 Å². The standard InChI is InChI=1S/C20H23NO4/c21-20(18(22)23,14-8-7-11-16-9-3-1-4-10-16)19(24)25-15-17-12-5-2-6-13-17/h1-6,9-10,12-13H,7-8,11,14-15,21H2,(H,22,23). The minimum Gasteiger partial charge on any atom is -0.479 e. The summed E-state index contributed by atoms with van der Waals surface area (Å²) < 4.78 is 5.13. The highest BCUT2D eigenvalue weighted by molar-refractivity contribution is 6.03. The van der Waals surface area contributed by atoms with E-state index in [2.05, 4.69) is 0 Å². The van der Waals surface area contributed by atoms with Crippen LogP contribution < -0.4 is 5.73 Å². The molecule has 0 saturated heterocycles. The van der Waals surface area contributed by atoms with Crippen LogP contribution in [0.2, 0.25) is 0 Å². The number of carbonyl (C=O) groups excluding carboxylic acids is 1. The van der Waals surface area contributed by atoms with E-state index in [-0.39, 0.29) is 13.0 Å². The van der Waals surface area contributed by atoms with Crippen molar-refractivity contribution in [3.8, 4) is 0 Å². The molecule has 0 bridgehead atoms. The van der Waals surface area contributed by atoms with Crippen molar-refractivity contribution in [1.29, 1.82) is 0 Å². The van der Waals surface area contributed by atoms with Gasteiger partial charge in [-0.3, -0.25) is 0 Å². The fourth-order valence-corrected chi connectivity index (χ4v) is 2.53. The van der Waals surface area contributed by atoms with Crippen LogP contribution in [0.25, 0.3) is 0 Å². The number of aryl methyl sites for hydroxylation is 1. The van der Waals surface area contributed by atoms with E-state index in [1.54, 1.807) is 12.1 Å². The van der Waals surface area contributed by atoms with Crippen molar-refractivity contribution in [3.63, 3.8) is 0 Å². The van der Waals surface area contributed by atoms with Gasteiger partial charge in [-0.25, -0.2) is 9.59 Å². The molecule has 0 aromatic heterocycles. The molecule has 0 aliphatic rings. The van der Waals surface area contributed by atoms with E-state index < -0.39 is 17.5 Å². The van der Waals surface area contributed by atoms with Crippen molar-refractivity contribution in [2.24, 2.45) is 5.73 Å². The van der Waals surface area contributed by atoms with Gasteiger partial charge in [0.25, 0.3) is 0 Å². The van der Waals surface area contributed by atoms with E-state index in [9.17, 15) is 14.7 Å². The van der Waals surface area contributed by atoms with Gasteiger partial charge in [0.15, 0.2) is 0 Å². The number of esters is 1. The second-order valence-corrected chi connectivity index (χ2v) is 6.03. The SMILES string of the molecule is NC(CCCCc1ccccc1)(C(=O)O)C(=O)OCc1ccccc1. The zero-order valence-electron chi connectivity index (χ0n) is 14.1. The molecule has 2 aromatic carbocycles. The highest BCUT2D eigenvalue weighted by Gasteiger charge is 2.43. The number of aliphatic carboxylic acids is 1. The lowest BCUT2D eigenvalue weighted by atomic mass is 9.92. The lowest BCUT2D eigenvalue weighted by Gasteiger charge is -2.22. The molecule has 0 fully saturated rings. The topological polar surface area (TPSA) is 89.6 Å². The maximum absolute atomic E-state index is 12.2. The van der Waals surface area contributed by atoms with Gasteiger partial charge < -0.3 is 15.6 Å². The Kier molecular flexibility index (Phi) is 6.71. The van der Waals surface area contributed by atoms with Crippen LogP contribution in [0.5, 0.6) is 0 Å². The van der Waals surface area contributed by atoms with E-state index >= 15 is 0 Å². The van der Waals surface area contributed by atoms with E-state index in [4.69, 9.17) is 10.5 Å². The molecule has 0 spiro atoms. The van der Waals surface area contributed by atoms with Crippen molar-refractivity contribution in [2.75, 3.05) is 0 Å². The molecule has 0 saturated carbocycles. The Labute approximate surface area is 147 Å². The van der Waals surface area contributed by atoms with Crippen molar-refractivity contribution < 1.29 is 19.4 Å². The molecule has 0 aliphatic carbocycles. The average molecular weight is 341 g/mol. The van der Waals surface area contributed by atoms with Crippen molar-refractivity contribution >= 4 is 11.9 Å². The second kappa shape index (κ2) is 8.99. The molecule has 0 amide bonds. The molecule has 132 valence electrons. The number of carboxylic acids is 1. The fraction of sp³-hybridized carbons (Fsp3) is 0.300. The predicted octanol–water partition coefficient (Wildman–Crippen LogP) is 2.92. The van der Waals surface area contributed by atoms with Gasteiger partial charge in [-0.15, -0.1) is 0 Å². The lowest BCUT2D eigenvalue weighted by molar-refractivity contribution is -0.162. The fourth-order valence-electron chi connectivity index (χ4n) is 2.53. The Morgan fingerprint density at radius 2 is 1.48 bits per heavy atom. The monoisotopic (exact) mass is 341 g/mol. The minimum atomic E-state index is -2.01. The van der Waals surface area contributed by atoms with Gasteiger partial charge in [-0.1, -0.05) is 67.1 Å². The largest absolute Gasteiger partial charge is 0.479 e. The van der Waals surface area contributed by atoms with Crippen LogP contribution in [-0.2, 0) is 27.4 Å². The second-order valence-electron chi connectivity index (χ2n) is 6.03. The molecule has 0 heterocycles. The summed E-state index contributed by atoms with van der Waals surface area (Å²) in [4.78, 5) is 23.7. The number of rotatable bonds is 9. The third kappa shape index (κ3) is 5.43. The summed E-state index contributed by atoms with van der Waals surface area (Å²) in [6, 6.07) is 19.0. The van der Waals surface area contributed by atoms with Crippen LogP contribution in [0.3, 0.4) is 0 Å². The van der Waals surface area contributed by atoms with Crippen LogP contribution in [0.15, 0.2) is 60.7 Å². The van der Waals surface area contributed by atoms with Gasteiger partial charge >= 0.3 is 11.9 Å². The van der Waals surface area contributed by atoms with Crippen LogP contribution in [-0.4, -0.2) is 22.6 Å². The number of carboxylic acid groups (broad SMARTS) is 1. The summed E-state index contributed by atoms with van der Waals surface area (Å²) in [7, 11) is 0. The number of ether oxygens (including phenoxy) is 1. The molecule has 0 aliphatic heterocycles. The molecule has 5 heteroatoms. The summed E-state index contributed by atoms with van der Waals surface area (Å²) in [5, 5.41) is 9.39. The van der Waals surface area contributed by atoms with Crippen LogP contribution in [0.1, 0.15) is 30.4 Å². The Morgan fingerprint density at radius 3 is 2.04 bits per heavy atom. The highest BCUT2D eigenvalue weighted by atomic mass is 16.5. The quantitative estimate of drug-likeness (QED) is 0.416. The van der Waals surface area contributed by atoms with Gasteiger partial charge in [0.1, 0.15) is 6.61 Å². The average Bonchev–Trinajstić information content (AvgIpc) is 2.64. The lowest BCUT2D eigenvalue weighted by Crippen LogP contribution is -2.55. The Hall–Kier alpha value is -2.66. The van der Waals surface area contributed by atoms with E-state index in [1.807, 2.05) is 48.5 Å². The summed E-state index contributed by atoms with van der Waals surface area (Å²) in [6.07, 6.45) is 2.14. The summed E-state index contributed by atoms with van der Waals surface area (Å²) >= 11 is 0. The van der Waals surface area contributed by atoms with Gasteiger partial charge in [-0.2, -0.15) is 0 Å². The predicted molar refractivity (Wildman–Crippen MR) is 94.8 cm³/mol. The zero-order valence-corrected chi connectivity index (χ0v) is 14.1. The summed E-state index contributed by atoms with van der Waals surface area (Å²) in [5.74, 6) is -2.26. The molecule has 2 aromatic rings. The maximum atomic E-state index is 12.2. The van der Waals surface area contributed by atoms with Gasteiger partial charge in [0.05, 0.1) is 0 Å². The van der Waals surface area contributed by atoms with Gasteiger partial charge in [0, 0.05) is 0 Å². The van der Waals surface area contributed by atoms with Crippen molar-refractivity contribution in [1.82, 2.24) is 0 Å². The van der Waals surface area contributed by atoms with Crippen LogP contribution in [0, 0.1) is 0 Å².